The third-order valence-electron chi connectivity index (χ3n) is 0. The summed E-state index contributed by atoms with van der Waals surface area (Å²) in [6.45, 7) is 0. The molecule has 0 spiro atoms. The van der Waals surface area contributed by atoms with E-state index < -0.39 is 7.82 Å². The van der Waals surface area contributed by atoms with Crippen molar-refractivity contribution in [1.29, 1.82) is 0 Å². The molecule has 0 saturated carbocycles. The molecule has 3 N–H and O–H groups in total. The van der Waals surface area contributed by atoms with Gasteiger partial charge in [0.15, 0.2) is 0 Å². The Morgan fingerprint density at radius 2 is 1.14 bits per heavy atom. The quantitative estimate of drug-likeness (QED) is 0.319. The van der Waals surface area contributed by atoms with Gasteiger partial charge in [-0.2, -0.15) is 0 Å². The van der Waals surface area contributed by atoms with Crippen LogP contribution < -0.4 is 0 Å². The Bertz CT molecular complexity index is 57.8. The monoisotopic (exact) mass is 258 g/mol. The molecule has 7 heavy (non-hydrogen) atoms. The first-order valence-corrected chi connectivity index (χ1v) is 2.35. The summed E-state index contributed by atoms with van der Waals surface area (Å²) in [7, 11) is -4.64. The van der Waals surface area contributed by atoms with Crippen LogP contribution in [-0.2, 0) is 4.57 Å². The van der Waals surface area contributed by atoms with Gasteiger partial charge in [0.1, 0.15) is 0 Å². The molecule has 0 atom stereocenters. The first-order chi connectivity index (χ1) is 2.00. The van der Waals surface area contributed by atoms with E-state index in [1.54, 1.807) is 0 Å². The second-order valence-electron chi connectivity index (χ2n) is 0.513. The summed E-state index contributed by atoms with van der Waals surface area (Å²) in [5, 5.41) is 0. The predicted molar refractivity (Wildman–Crippen MR) is 32.7 cm³/mol. The van der Waals surface area contributed by atoms with Crippen LogP contribution in [0.2, 0.25) is 0 Å². The van der Waals surface area contributed by atoms with Crippen molar-refractivity contribution in [1.82, 2.24) is 0 Å². The normalized spacial score (nSPS) is 8.43. The zero-order valence-corrected chi connectivity index (χ0v) is 3.09. The van der Waals surface area contributed by atoms with Crippen molar-refractivity contribution in [2.45, 2.75) is 0 Å². The molecule has 0 aliphatic rings. The van der Waals surface area contributed by atoms with E-state index in [0.717, 1.165) is 0 Å². The number of hydrogen-bond acceptors (Lipinski definition) is 1. The van der Waals surface area contributed by atoms with Gasteiger partial charge in [0.25, 0.3) is 0 Å². The molecule has 0 amide bonds. The average molecular weight is 258 g/mol. The Balaban J connectivity index is -0.0000000800. The Labute approximate surface area is 89.3 Å². The zero-order valence-electron chi connectivity index (χ0n) is 2.20. The minimum atomic E-state index is -4.64. The van der Waals surface area contributed by atoms with Crippen LogP contribution in [0.3, 0.4) is 0 Å². The van der Waals surface area contributed by atoms with Crippen molar-refractivity contribution in [3.05, 3.63) is 0 Å². The SMILES string of the molecule is O=P(O)(O)O.[CaH2].[InH3]. The van der Waals surface area contributed by atoms with Crippen molar-refractivity contribution in [2.24, 2.45) is 0 Å². The molecule has 7 heteroatoms. The van der Waals surface area contributed by atoms with Crippen LogP contribution in [0, 0.1) is 0 Å². The standard InChI is InChI=1S/Ca.In.H3O4P.5H/c;;1-5(2,3)4;;;;;/h;;(H3,1,2,3,4);;;;;. The van der Waals surface area contributed by atoms with E-state index in [2.05, 4.69) is 0 Å². The maximum atomic E-state index is 8.88. The first-order valence-electron chi connectivity index (χ1n) is 0.783. The van der Waals surface area contributed by atoms with Gasteiger partial charge in [0.2, 0.25) is 0 Å². The molecule has 0 aliphatic heterocycles. The topological polar surface area (TPSA) is 77.8 Å². The molecule has 42 valence electrons. The average Bonchev–Trinajstić information content (AvgIpc) is 0.722. The summed E-state index contributed by atoms with van der Waals surface area (Å²) in [6.07, 6.45) is 0. The molecule has 0 aliphatic carbocycles. The van der Waals surface area contributed by atoms with E-state index in [4.69, 9.17) is 19.2 Å². The second kappa shape index (κ2) is 6.36. The van der Waals surface area contributed by atoms with Crippen molar-refractivity contribution in [3.63, 3.8) is 0 Å². The summed E-state index contributed by atoms with van der Waals surface area (Å²) < 4.78 is 8.88. The minimum absolute atomic E-state index is 0. The fourth-order valence-electron chi connectivity index (χ4n) is 0. The maximum absolute atomic E-state index is 8.88. The molecule has 0 aromatic heterocycles. The first kappa shape index (κ1) is 16.1. The summed E-state index contributed by atoms with van der Waals surface area (Å²) in [6, 6.07) is 0. The third kappa shape index (κ3) is 63.9. The molecule has 0 radical (unpaired) electrons. The summed E-state index contributed by atoms with van der Waals surface area (Å²) in [5.41, 5.74) is 0. The van der Waals surface area contributed by atoms with Crippen LogP contribution in [0.4, 0.5) is 0 Å². The van der Waals surface area contributed by atoms with Crippen molar-refractivity contribution in [3.8, 4) is 0 Å². The van der Waals surface area contributed by atoms with Crippen LogP contribution in [0.25, 0.3) is 0 Å². The van der Waals surface area contributed by atoms with Gasteiger partial charge in [-0.3, -0.25) is 0 Å². The van der Waals surface area contributed by atoms with E-state index in [9.17, 15) is 0 Å². The Kier molecular flexibility index (Phi) is 14.6. The van der Waals surface area contributed by atoms with Gasteiger partial charge in [0.05, 0.1) is 0 Å². The van der Waals surface area contributed by atoms with E-state index in [1.807, 2.05) is 0 Å². The van der Waals surface area contributed by atoms with E-state index in [0.29, 0.717) is 0 Å². The summed E-state index contributed by atoms with van der Waals surface area (Å²) >= 11 is 0. The van der Waals surface area contributed by atoms with E-state index in [1.165, 1.54) is 0 Å². The molecule has 0 rings (SSSR count). The molecule has 0 bridgehead atoms. The van der Waals surface area contributed by atoms with E-state index in [-0.39, 0.29) is 63.6 Å². The summed E-state index contributed by atoms with van der Waals surface area (Å²) in [4.78, 5) is 21.6. The van der Waals surface area contributed by atoms with Crippen LogP contribution >= 0.6 is 7.82 Å². The molecule has 0 unspecified atom stereocenters. The van der Waals surface area contributed by atoms with Gasteiger partial charge in [-0.05, 0) is 0 Å². The summed E-state index contributed by atoms with van der Waals surface area (Å²) in [5.74, 6) is 0. The molecule has 0 fully saturated rings. The Hall–Kier alpha value is 2.24. The fraction of sp³-hybridized carbons (Fsp3) is 0. The molecular weight excluding hydrogens is 250 g/mol. The molecule has 0 aromatic rings. The molecule has 0 heterocycles. The third-order valence-corrected chi connectivity index (χ3v) is 0. The van der Waals surface area contributed by atoms with Gasteiger partial charge >= 0.3 is 71.4 Å². The van der Waals surface area contributed by atoms with Crippen LogP contribution in [0.5, 0.6) is 0 Å². The van der Waals surface area contributed by atoms with Crippen molar-refractivity contribution in [2.75, 3.05) is 0 Å². The molecule has 0 aromatic carbocycles. The predicted octanol–water partition coefficient (Wildman–Crippen LogP) is -3.03. The van der Waals surface area contributed by atoms with E-state index >= 15 is 0 Å². The van der Waals surface area contributed by atoms with Gasteiger partial charge in [0, 0.05) is 0 Å². The Morgan fingerprint density at radius 3 is 1.14 bits per heavy atom. The van der Waals surface area contributed by atoms with Gasteiger partial charge < -0.3 is 14.7 Å². The fourth-order valence-corrected chi connectivity index (χ4v) is 0. The second-order valence-corrected chi connectivity index (χ2v) is 1.54. The van der Waals surface area contributed by atoms with Gasteiger partial charge in [-0.25, -0.2) is 4.57 Å². The van der Waals surface area contributed by atoms with Crippen molar-refractivity contribution >= 4 is 71.4 Å². The van der Waals surface area contributed by atoms with Crippen LogP contribution in [0.1, 0.15) is 0 Å². The van der Waals surface area contributed by atoms with Crippen molar-refractivity contribution < 1.29 is 19.2 Å². The zero-order chi connectivity index (χ0) is 4.50. The molecular formula is H8CaInO4P. The number of hydrogen-bond donors (Lipinski definition) is 3. The molecule has 0 saturated heterocycles. The van der Waals surface area contributed by atoms with Crippen LogP contribution in [0.15, 0.2) is 0 Å². The number of phosphoric acid groups is 1. The van der Waals surface area contributed by atoms with Gasteiger partial charge in [-0.1, -0.05) is 0 Å². The van der Waals surface area contributed by atoms with Gasteiger partial charge in [-0.15, -0.1) is 0 Å². The van der Waals surface area contributed by atoms with Crippen LogP contribution in [-0.4, -0.2) is 78.3 Å². The molecule has 4 nitrogen and oxygen atoms in total. The Morgan fingerprint density at radius 1 is 1.14 bits per heavy atom. The number of rotatable bonds is 0.